The summed E-state index contributed by atoms with van der Waals surface area (Å²) in [6.45, 7) is 0.731. The van der Waals surface area contributed by atoms with Gasteiger partial charge in [-0.2, -0.15) is 23.3 Å². The number of hydrogen-bond acceptors (Lipinski definition) is 7. The molecule has 1 atom stereocenters. The average Bonchev–Trinajstić information content (AvgIpc) is 3.59. The highest BCUT2D eigenvalue weighted by atomic mass is 35.5. The van der Waals surface area contributed by atoms with E-state index < -0.39 is 29.7 Å². The molecule has 38 heavy (non-hydrogen) atoms. The number of hydrogen-bond donors (Lipinski definition) is 2. The van der Waals surface area contributed by atoms with Crippen LogP contribution in [0.2, 0.25) is 5.02 Å². The van der Waals surface area contributed by atoms with Crippen LogP contribution in [0, 0.1) is 5.82 Å². The zero-order valence-corrected chi connectivity index (χ0v) is 20.2. The summed E-state index contributed by atoms with van der Waals surface area (Å²) in [5.74, 6) is -0.755. The summed E-state index contributed by atoms with van der Waals surface area (Å²) in [6, 6.07) is 10.8. The first-order valence-corrected chi connectivity index (χ1v) is 11.8. The molecule has 2 aromatic carbocycles. The summed E-state index contributed by atoms with van der Waals surface area (Å²) in [5.41, 5.74) is 0.0566. The van der Waals surface area contributed by atoms with Crippen LogP contribution >= 0.6 is 11.6 Å². The first-order chi connectivity index (χ1) is 18.2. The summed E-state index contributed by atoms with van der Waals surface area (Å²) >= 11 is 5.83. The number of halogens is 5. The van der Waals surface area contributed by atoms with Gasteiger partial charge in [0.15, 0.2) is 11.5 Å². The second kappa shape index (κ2) is 10.4. The van der Waals surface area contributed by atoms with E-state index in [0.717, 1.165) is 36.0 Å². The number of nitrogens with zero attached hydrogens (tertiary/aromatic N) is 4. The molecule has 4 aromatic rings. The molecule has 1 fully saturated rings. The van der Waals surface area contributed by atoms with Crippen molar-refractivity contribution in [2.45, 2.75) is 25.1 Å². The number of benzene rings is 2. The molecule has 13 heteroatoms. The SMILES string of the molecule is O=C(Oc1cccc(-c2cnc(Nc3ccc(F)c(Cl)c3)nc2-n2ccc(C(F)(F)F)n2)c1)[C@H]1CCCN1. The van der Waals surface area contributed by atoms with Crippen molar-refractivity contribution in [3.05, 3.63) is 77.5 Å². The van der Waals surface area contributed by atoms with Crippen molar-refractivity contribution in [2.75, 3.05) is 11.9 Å². The third-order valence-electron chi connectivity index (χ3n) is 5.75. The second-order valence-corrected chi connectivity index (χ2v) is 8.83. The van der Waals surface area contributed by atoms with Gasteiger partial charge in [-0.05, 0) is 61.3 Å². The highest BCUT2D eigenvalue weighted by molar-refractivity contribution is 6.31. The van der Waals surface area contributed by atoms with E-state index in [1.165, 1.54) is 18.3 Å². The van der Waals surface area contributed by atoms with Gasteiger partial charge in [-0.1, -0.05) is 23.7 Å². The number of anilines is 2. The Morgan fingerprint density at radius 1 is 1.18 bits per heavy atom. The molecule has 0 radical (unpaired) electrons. The molecular formula is C25H19ClF4N6O2. The number of aromatic nitrogens is 4. The Bertz CT molecular complexity index is 1490. The lowest BCUT2D eigenvalue weighted by atomic mass is 10.1. The molecule has 2 aromatic heterocycles. The maximum atomic E-state index is 13.5. The van der Waals surface area contributed by atoms with Gasteiger partial charge >= 0.3 is 12.1 Å². The summed E-state index contributed by atoms with van der Waals surface area (Å²) < 4.78 is 59.8. The maximum Gasteiger partial charge on any atom is 0.435 e. The minimum Gasteiger partial charge on any atom is -0.425 e. The van der Waals surface area contributed by atoms with Crippen LogP contribution in [-0.4, -0.2) is 38.3 Å². The molecule has 0 bridgehead atoms. The van der Waals surface area contributed by atoms with E-state index in [9.17, 15) is 22.4 Å². The Morgan fingerprint density at radius 3 is 2.74 bits per heavy atom. The van der Waals surface area contributed by atoms with Gasteiger partial charge in [0.25, 0.3) is 0 Å². The predicted octanol–water partition coefficient (Wildman–Crippen LogP) is 5.54. The summed E-state index contributed by atoms with van der Waals surface area (Å²) in [6.07, 6.45) is -0.598. The summed E-state index contributed by atoms with van der Waals surface area (Å²) in [5, 5.41) is 9.43. The third-order valence-corrected chi connectivity index (χ3v) is 6.04. The largest absolute Gasteiger partial charge is 0.435 e. The zero-order chi connectivity index (χ0) is 26.9. The van der Waals surface area contributed by atoms with Crippen molar-refractivity contribution >= 4 is 29.2 Å². The molecular weight excluding hydrogens is 528 g/mol. The van der Waals surface area contributed by atoms with Crippen molar-refractivity contribution < 1.29 is 27.1 Å². The van der Waals surface area contributed by atoms with Gasteiger partial charge in [0.1, 0.15) is 17.6 Å². The fourth-order valence-corrected chi connectivity index (χ4v) is 4.09. The van der Waals surface area contributed by atoms with E-state index in [1.54, 1.807) is 24.3 Å². The van der Waals surface area contributed by atoms with Gasteiger partial charge in [0, 0.05) is 23.6 Å². The summed E-state index contributed by atoms with van der Waals surface area (Å²) in [4.78, 5) is 21.1. The Labute approximate surface area is 218 Å². The molecule has 1 saturated heterocycles. The van der Waals surface area contributed by atoms with E-state index in [-0.39, 0.29) is 22.5 Å². The molecule has 3 heterocycles. The van der Waals surface area contributed by atoms with Gasteiger partial charge in [-0.25, -0.2) is 18.9 Å². The quantitative estimate of drug-likeness (QED) is 0.186. The number of alkyl halides is 3. The summed E-state index contributed by atoms with van der Waals surface area (Å²) in [7, 11) is 0. The Kier molecular flexibility index (Phi) is 7.00. The van der Waals surface area contributed by atoms with Gasteiger partial charge in [-0.3, -0.25) is 0 Å². The van der Waals surface area contributed by atoms with Crippen LogP contribution in [0.25, 0.3) is 16.9 Å². The van der Waals surface area contributed by atoms with Gasteiger partial charge in [-0.15, -0.1) is 0 Å². The third kappa shape index (κ3) is 5.60. The minimum atomic E-state index is -4.66. The van der Waals surface area contributed by atoms with Crippen molar-refractivity contribution in [3.63, 3.8) is 0 Å². The lowest BCUT2D eigenvalue weighted by Crippen LogP contribution is -2.34. The van der Waals surface area contributed by atoms with Gasteiger partial charge in [0.2, 0.25) is 5.95 Å². The molecule has 2 N–H and O–H groups in total. The second-order valence-electron chi connectivity index (χ2n) is 8.43. The van der Waals surface area contributed by atoms with Crippen molar-refractivity contribution in [1.29, 1.82) is 0 Å². The van der Waals surface area contributed by atoms with E-state index in [4.69, 9.17) is 16.3 Å². The zero-order valence-electron chi connectivity index (χ0n) is 19.5. The predicted molar refractivity (Wildman–Crippen MR) is 131 cm³/mol. The molecule has 0 unspecified atom stereocenters. The fraction of sp³-hybridized carbons (Fsp3) is 0.200. The number of carbonyl (C=O) groups is 1. The first kappa shape index (κ1) is 25.6. The number of esters is 1. The lowest BCUT2D eigenvalue weighted by molar-refractivity contribution is -0.141. The number of nitrogens with one attached hydrogen (secondary N) is 2. The Balaban J connectivity index is 1.52. The van der Waals surface area contributed by atoms with Crippen LogP contribution in [0.1, 0.15) is 18.5 Å². The fourth-order valence-electron chi connectivity index (χ4n) is 3.91. The van der Waals surface area contributed by atoms with Crippen molar-refractivity contribution in [3.8, 4) is 22.7 Å². The molecule has 0 amide bonds. The molecule has 1 aliphatic rings. The molecule has 0 saturated carbocycles. The molecule has 196 valence electrons. The van der Waals surface area contributed by atoms with E-state index >= 15 is 0 Å². The molecule has 1 aliphatic heterocycles. The van der Waals surface area contributed by atoms with E-state index in [1.807, 2.05) is 0 Å². The highest BCUT2D eigenvalue weighted by Crippen LogP contribution is 2.32. The van der Waals surface area contributed by atoms with Crippen LogP contribution in [0.4, 0.5) is 29.2 Å². The van der Waals surface area contributed by atoms with Crippen molar-refractivity contribution in [2.24, 2.45) is 0 Å². The smallest absolute Gasteiger partial charge is 0.425 e. The van der Waals surface area contributed by atoms with Crippen LogP contribution < -0.4 is 15.4 Å². The maximum absolute atomic E-state index is 13.5. The van der Waals surface area contributed by atoms with Crippen LogP contribution in [-0.2, 0) is 11.0 Å². The molecule has 8 nitrogen and oxygen atoms in total. The number of rotatable bonds is 6. The number of carbonyl (C=O) groups excluding carboxylic acids is 1. The average molecular weight is 547 g/mol. The lowest BCUT2D eigenvalue weighted by Gasteiger charge is -2.14. The van der Waals surface area contributed by atoms with Crippen LogP contribution in [0.15, 0.2) is 60.9 Å². The topological polar surface area (TPSA) is 94.0 Å². The standard InChI is InChI=1S/C25H19ClF4N6O2/c26-18-12-15(6-7-19(18)27)33-24-32-13-17(22(34-24)36-10-8-21(35-36)25(28,29)30)14-3-1-4-16(11-14)38-23(37)20-5-2-9-31-20/h1,3-4,6-8,10-13,20,31H,2,5,9H2,(H,32,33,34)/t20-/m1/s1. The first-order valence-electron chi connectivity index (χ1n) is 11.5. The van der Waals surface area contributed by atoms with Crippen molar-refractivity contribution in [1.82, 2.24) is 25.1 Å². The number of ether oxygens (including phenoxy) is 1. The van der Waals surface area contributed by atoms with E-state index in [2.05, 4.69) is 25.7 Å². The molecule has 0 aliphatic carbocycles. The Hall–Kier alpha value is -4.03. The Morgan fingerprint density at radius 2 is 2.03 bits per heavy atom. The van der Waals surface area contributed by atoms with Crippen LogP contribution in [0.5, 0.6) is 5.75 Å². The molecule has 5 rings (SSSR count). The minimum absolute atomic E-state index is 0.00498. The highest BCUT2D eigenvalue weighted by Gasteiger charge is 2.34. The van der Waals surface area contributed by atoms with Gasteiger partial charge in [0.05, 0.1) is 5.02 Å². The van der Waals surface area contributed by atoms with Crippen LogP contribution in [0.3, 0.4) is 0 Å². The monoisotopic (exact) mass is 546 g/mol. The van der Waals surface area contributed by atoms with Gasteiger partial charge < -0.3 is 15.4 Å². The normalized spacial score (nSPS) is 15.4. The van der Waals surface area contributed by atoms with E-state index in [0.29, 0.717) is 23.2 Å². The molecule has 0 spiro atoms.